The van der Waals surface area contributed by atoms with E-state index >= 15 is 0 Å². The van der Waals surface area contributed by atoms with E-state index in [1.165, 1.54) is 15.9 Å². The lowest BCUT2D eigenvalue weighted by Crippen LogP contribution is -2.58. The Labute approximate surface area is 302 Å². The third-order valence-electron chi connectivity index (χ3n) is 9.79. The third kappa shape index (κ3) is 8.48. The molecule has 1 saturated carbocycles. The standard InChI is InChI=1S/C38H46FN5O8/c1-37(2,3)51-35(48)40-30-18-11-6-4-5-8-14-25-20-38(25,34(47)42-52-26-15-9-7-10-16-26)41-32(45)31-19-27(22-44(31)33(30)46)50-36(49)43-21-24-13-12-17-29(39)28(24)23-43/h7-10,12-17,25,27,30-31H,4-6,11,18-23H2,1-3H3,(H,40,48)(H,41,45)(H,42,47)/b14-8-/t25-,27+,30-,31-,38+/m0/s1. The maximum absolute atomic E-state index is 14.4. The molecule has 2 aromatic carbocycles. The van der Waals surface area contributed by atoms with Crippen LogP contribution in [0.4, 0.5) is 14.0 Å². The van der Waals surface area contributed by atoms with E-state index in [2.05, 4.69) is 16.1 Å². The van der Waals surface area contributed by atoms with Gasteiger partial charge in [-0.25, -0.2) is 14.0 Å². The van der Waals surface area contributed by atoms with Gasteiger partial charge in [-0.3, -0.25) is 19.3 Å². The fourth-order valence-electron chi connectivity index (χ4n) is 7.03. The van der Waals surface area contributed by atoms with Crippen molar-refractivity contribution in [3.63, 3.8) is 0 Å². The lowest BCUT2D eigenvalue weighted by Gasteiger charge is -2.30. The molecule has 0 spiro atoms. The Kier molecular flexibility index (Phi) is 10.7. The summed E-state index contributed by atoms with van der Waals surface area (Å²) in [5.74, 6) is -2.02. The van der Waals surface area contributed by atoms with Gasteiger partial charge in [0.1, 0.15) is 35.1 Å². The number of rotatable bonds is 5. The number of carbonyl (C=O) groups is 5. The van der Waals surface area contributed by atoms with E-state index in [4.69, 9.17) is 14.3 Å². The SMILES string of the molecule is CC(C)(C)OC(=O)N[C@H]1CCCCC/C=C\[C@H]2C[C@@]2(C(=O)NOc2ccccc2)NC(=O)[C@@H]2C[C@@H](OC(=O)N3Cc4cccc(F)c4C3)CN2C1=O. The molecular formula is C38H46FN5O8. The van der Waals surface area contributed by atoms with Crippen LogP contribution in [0.25, 0.3) is 0 Å². The van der Waals surface area contributed by atoms with Crippen molar-refractivity contribution < 1.29 is 42.7 Å². The van der Waals surface area contributed by atoms with Crippen molar-refractivity contribution in [2.24, 2.45) is 5.92 Å². The molecule has 3 aliphatic heterocycles. The van der Waals surface area contributed by atoms with Crippen molar-refractivity contribution in [3.05, 3.63) is 77.6 Å². The van der Waals surface area contributed by atoms with Gasteiger partial charge in [0, 0.05) is 24.4 Å². The Morgan fingerprint density at radius 3 is 2.54 bits per heavy atom. The summed E-state index contributed by atoms with van der Waals surface area (Å²) in [5, 5.41) is 5.62. The average molecular weight is 720 g/mol. The van der Waals surface area contributed by atoms with Crippen LogP contribution in [0.15, 0.2) is 60.7 Å². The fourth-order valence-corrected chi connectivity index (χ4v) is 7.03. The molecule has 2 aromatic rings. The van der Waals surface area contributed by atoms with Crippen LogP contribution < -0.4 is 21.0 Å². The highest BCUT2D eigenvalue weighted by Crippen LogP contribution is 2.45. The summed E-state index contributed by atoms with van der Waals surface area (Å²) in [6.07, 6.45) is 5.01. The number of ether oxygens (including phenoxy) is 2. The average Bonchev–Trinajstić information content (AvgIpc) is 3.39. The zero-order chi connectivity index (χ0) is 37.0. The maximum atomic E-state index is 14.4. The Bertz CT molecular complexity index is 1710. The number of alkyl carbamates (subject to hydrolysis) is 1. The molecule has 3 N–H and O–H groups in total. The molecule has 2 fully saturated rings. The van der Waals surface area contributed by atoms with E-state index in [-0.39, 0.29) is 32.0 Å². The fraction of sp³-hybridized carbons (Fsp3) is 0.500. The van der Waals surface area contributed by atoms with Gasteiger partial charge in [-0.05, 0) is 70.2 Å². The summed E-state index contributed by atoms with van der Waals surface area (Å²) >= 11 is 0. The van der Waals surface area contributed by atoms with Gasteiger partial charge in [0.05, 0.1) is 13.1 Å². The number of hydrogen-bond donors (Lipinski definition) is 3. The molecule has 52 heavy (non-hydrogen) atoms. The molecule has 0 bridgehead atoms. The van der Waals surface area contributed by atoms with Gasteiger partial charge in [-0.15, -0.1) is 0 Å². The Morgan fingerprint density at radius 2 is 1.79 bits per heavy atom. The minimum absolute atomic E-state index is 0.0274. The molecular weight excluding hydrogens is 673 g/mol. The molecule has 1 aliphatic carbocycles. The third-order valence-corrected chi connectivity index (χ3v) is 9.79. The van der Waals surface area contributed by atoms with Crippen molar-refractivity contribution in [2.45, 2.75) is 108 Å². The second-order valence-corrected chi connectivity index (χ2v) is 14.9. The van der Waals surface area contributed by atoms with Crippen molar-refractivity contribution in [2.75, 3.05) is 6.54 Å². The van der Waals surface area contributed by atoms with Gasteiger partial charge in [-0.2, -0.15) is 5.48 Å². The highest BCUT2D eigenvalue weighted by molar-refractivity contribution is 5.98. The highest BCUT2D eigenvalue weighted by atomic mass is 19.1. The van der Waals surface area contributed by atoms with E-state index < -0.39 is 65.1 Å². The largest absolute Gasteiger partial charge is 0.444 e. The lowest BCUT2D eigenvalue weighted by atomic mass is 10.0. The molecule has 0 aromatic heterocycles. The second-order valence-electron chi connectivity index (χ2n) is 14.9. The molecule has 278 valence electrons. The molecule has 0 radical (unpaired) electrons. The molecule has 5 atom stereocenters. The predicted molar refractivity (Wildman–Crippen MR) is 186 cm³/mol. The number of allylic oxidation sites excluding steroid dienone is 1. The maximum Gasteiger partial charge on any atom is 0.410 e. The summed E-state index contributed by atoms with van der Waals surface area (Å²) in [4.78, 5) is 76.7. The first-order valence-corrected chi connectivity index (χ1v) is 17.9. The summed E-state index contributed by atoms with van der Waals surface area (Å²) in [6.45, 7) is 5.20. The summed E-state index contributed by atoms with van der Waals surface area (Å²) in [7, 11) is 0. The number of amides is 5. The van der Waals surface area contributed by atoms with E-state index in [0.717, 1.165) is 19.3 Å². The number of halogens is 1. The molecule has 13 nitrogen and oxygen atoms in total. The number of nitrogens with zero attached hydrogens (tertiary/aromatic N) is 2. The summed E-state index contributed by atoms with van der Waals surface area (Å²) in [5.41, 5.74) is 1.41. The van der Waals surface area contributed by atoms with Crippen LogP contribution in [-0.4, -0.2) is 75.6 Å². The summed E-state index contributed by atoms with van der Waals surface area (Å²) in [6, 6.07) is 11.2. The molecule has 1 saturated heterocycles. The quantitative estimate of drug-likeness (QED) is 0.298. The second kappa shape index (κ2) is 15.2. The number of hydroxylamine groups is 1. The molecule has 14 heteroatoms. The number of benzene rings is 2. The van der Waals surface area contributed by atoms with Crippen LogP contribution in [0, 0.1) is 11.7 Å². The summed E-state index contributed by atoms with van der Waals surface area (Å²) < 4.78 is 25.7. The van der Waals surface area contributed by atoms with E-state index in [9.17, 15) is 28.4 Å². The van der Waals surface area contributed by atoms with Gasteiger partial charge in [0.2, 0.25) is 11.8 Å². The zero-order valence-corrected chi connectivity index (χ0v) is 29.7. The van der Waals surface area contributed by atoms with Crippen LogP contribution >= 0.6 is 0 Å². The smallest absolute Gasteiger partial charge is 0.410 e. The van der Waals surface area contributed by atoms with Crippen LogP contribution in [0.5, 0.6) is 5.75 Å². The molecule has 3 heterocycles. The van der Waals surface area contributed by atoms with Crippen LogP contribution in [-0.2, 0) is 36.9 Å². The monoisotopic (exact) mass is 719 g/mol. The van der Waals surface area contributed by atoms with Gasteiger partial charge in [0.25, 0.3) is 5.91 Å². The number of fused-ring (bicyclic) bond motifs is 3. The Balaban J connectivity index is 1.23. The molecule has 0 unspecified atom stereocenters. The van der Waals surface area contributed by atoms with Crippen LogP contribution in [0.2, 0.25) is 0 Å². The topological polar surface area (TPSA) is 156 Å². The first kappa shape index (κ1) is 36.6. The van der Waals surface area contributed by atoms with Crippen LogP contribution in [0.3, 0.4) is 0 Å². The van der Waals surface area contributed by atoms with Gasteiger partial charge < -0.3 is 29.8 Å². The van der Waals surface area contributed by atoms with Gasteiger partial charge in [0.15, 0.2) is 5.75 Å². The van der Waals surface area contributed by atoms with Crippen molar-refractivity contribution in [1.29, 1.82) is 0 Å². The van der Waals surface area contributed by atoms with Crippen molar-refractivity contribution >= 4 is 29.9 Å². The van der Waals surface area contributed by atoms with Crippen LogP contribution in [0.1, 0.15) is 76.8 Å². The molecule has 4 aliphatic rings. The van der Waals surface area contributed by atoms with Crippen molar-refractivity contribution in [1.82, 2.24) is 25.9 Å². The highest BCUT2D eigenvalue weighted by Gasteiger charge is 2.61. The predicted octanol–water partition coefficient (Wildman–Crippen LogP) is 4.65. The Morgan fingerprint density at radius 1 is 1.00 bits per heavy atom. The van der Waals surface area contributed by atoms with Crippen molar-refractivity contribution in [3.8, 4) is 5.75 Å². The van der Waals surface area contributed by atoms with Gasteiger partial charge >= 0.3 is 12.2 Å². The minimum atomic E-state index is -1.34. The minimum Gasteiger partial charge on any atom is -0.444 e. The van der Waals surface area contributed by atoms with E-state index in [0.29, 0.717) is 36.1 Å². The number of para-hydroxylation sites is 1. The normalized spacial score (nSPS) is 26.7. The molecule has 6 rings (SSSR count). The van der Waals surface area contributed by atoms with Gasteiger partial charge in [-0.1, -0.05) is 55.3 Å². The lowest BCUT2D eigenvalue weighted by molar-refractivity contribution is -0.142. The van der Waals surface area contributed by atoms with E-state index in [1.807, 2.05) is 18.2 Å². The molecule has 5 amide bonds. The number of hydrogen-bond acceptors (Lipinski definition) is 8. The van der Waals surface area contributed by atoms with E-state index in [1.54, 1.807) is 57.2 Å². The number of nitrogens with one attached hydrogen (secondary N) is 3. The Hall–Kier alpha value is -5.14. The first-order chi connectivity index (χ1) is 24.8. The zero-order valence-electron chi connectivity index (χ0n) is 29.7. The first-order valence-electron chi connectivity index (χ1n) is 17.9. The number of carbonyl (C=O) groups excluding carboxylic acids is 5.